The second-order valence-electron chi connectivity index (χ2n) is 7.35. The third-order valence-corrected chi connectivity index (χ3v) is 5.50. The summed E-state index contributed by atoms with van der Waals surface area (Å²) in [6, 6.07) is 10.1. The molecule has 146 valence electrons. The van der Waals surface area contributed by atoms with Gasteiger partial charge in [0.15, 0.2) is 0 Å². The van der Waals surface area contributed by atoms with Gasteiger partial charge < -0.3 is 14.6 Å². The molecule has 6 heteroatoms. The van der Waals surface area contributed by atoms with E-state index in [1.165, 1.54) is 32.8 Å². The molecule has 1 N–H and O–H groups in total. The van der Waals surface area contributed by atoms with Crippen molar-refractivity contribution in [3.63, 3.8) is 0 Å². The average molecular weight is 378 g/mol. The zero-order valence-electron chi connectivity index (χ0n) is 16.2. The number of methoxy groups -OCH3 is 1. The number of ether oxygens (including phenoxy) is 1. The van der Waals surface area contributed by atoms with Gasteiger partial charge in [-0.3, -0.25) is 4.98 Å². The first kappa shape index (κ1) is 18.5. The Hall–Kier alpha value is -2.89. The molecular formula is C22H26N4O2. The number of benzene rings is 1. The van der Waals surface area contributed by atoms with Gasteiger partial charge in [-0.25, -0.2) is 9.78 Å². The minimum atomic E-state index is -0.336. The van der Waals surface area contributed by atoms with Crippen LogP contribution in [0.3, 0.4) is 0 Å². The lowest BCUT2D eigenvalue weighted by atomic mass is 10.1. The lowest BCUT2D eigenvalue weighted by Crippen LogP contribution is -2.13. The van der Waals surface area contributed by atoms with Gasteiger partial charge in [0, 0.05) is 25.0 Å². The molecule has 3 aromatic rings. The van der Waals surface area contributed by atoms with Crippen LogP contribution >= 0.6 is 0 Å². The van der Waals surface area contributed by atoms with Crippen LogP contribution in [-0.2, 0) is 11.3 Å². The summed E-state index contributed by atoms with van der Waals surface area (Å²) in [6.45, 7) is 0.683. The molecule has 0 aliphatic heterocycles. The van der Waals surface area contributed by atoms with E-state index in [-0.39, 0.29) is 5.97 Å². The lowest BCUT2D eigenvalue weighted by Gasteiger charge is -2.20. The van der Waals surface area contributed by atoms with Crippen LogP contribution in [0.15, 0.2) is 42.7 Å². The Morgan fingerprint density at radius 2 is 1.89 bits per heavy atom. The number of hydrogen-bond acceptors (Lipinski definition) is 5. The SMILES string of the molecule is COC(=O)c1ccc2c(c1)nc(NCc1ccncc1)n2C1CCCCCC1. The summed E-state index contributed by atoms with van der Waals surface area (Å²) < 4.78 is 7.20. The first-order valence-corrected chi connectivity index (χ1v) is 9.99. The Kier molecular flexibility index (Phi) is 5.55. The van der Waals surface area contributed by atoms with Gasteiger partial charge in [-0.15, -0.1) is 0 Å². The molecule has 0 spiro atoms. The molecule has 4 rings (SSSR count). The summed E-state index contributed by atoms with van der Waals surface area (Å²) in [4.78, 5) is 20.8. The summed E-state index contributed by atoms with van der Waals surface area (Å²) in [6.07, 6.45) is 11.0. The van der Waals surface area contributed by atoms with Crippen molar-refractivity contribution in [1.82, 2.24) is 14.5 Å². The van der Waals surface area contributed by atoms with Crippen molar-refractivity contribution < 1.29 is 9.53 Å². The van der Waals surface area contributed by atoms with Crippen molar-refractivity contribution in [3.05, 3.63) is 53.9 Å². The van der Waals surface area contributed by atoms with Crippen molar-refractivity contribution in [2.24, 2.45) is 0 Å². The molecule has 0 atom stereocenters. The van der Waals surface area contributed by atoms with E-state index >= 15 is 0 Å². The first-order chi connectivity index (χ1) is 13.8. The standard InChI is InChI=1S/C22H26N4O2/c1-28-21(27)17-8-9-20-19(14-17)25-22(24-15-16-10-12-23-13-11-16)26(20)18-6-4-2-3-5-7-18/h8-14,18H,2-7,15H2,1H3,(H,24,25). The highest BCUT2D eigenvalue weighted by atomic mass is 16.5. The lowest BCUT2D eigenvalue weighted by molar-refractivity contribution is 0.0601. The van der Waals surface area contributed by atoms with Gasteiger partial charge in [-0.1, -0.05) is 25.7 Å². The van der Waals surface area contributed by atoms with Crippen molar-refractivity contribution in [2.75, 3.05) is 12.4 Å². The van der Waals surface area contributed by atoms with Crippen LogP contribution in [0, 0.1) is 0 Å². The Bertz CT molecular complexity index is 944. The number of carbonyl (C=O) groups is 1. The fourth-order valence-corrected chi connectivity index (χ4v) is 4.04. The zero-order chi connectivity index (χ0) is 19.3. The average Bonchev–Trinajstić information content (AvgIpc) is 2.89. The molecule has 2 heterocycles. The first-order valence-electron chi connectivity index (χ1n) is 9.99. The minimum Gasteiger partial charge on any atom is -0.465 e. The highest BCUT2D eigenvalue weighted by Crippen LogP contribution is 2.34. The molecule has 0 radical (unpaired) electrons. The number of nitrogens with zero attached hydrogens (tertiary/aromatic N) is 3. The zero-order valence-corrected chi connectivity index (χ0v) is 16.2. The van der Waals surface area contributed by atoms with Gasteiger partial charge in [0.25, 0.3) is 0 Å². The number of carbonyl (C=O) groups excluding carboxylic acids is 1. The number of esters is 1. The number of rotatable bonds is 5. The molecule has 1 aliphatic rings. The van der Waals surface area contributed by atoms with E-state index in [0.717, 1.165) is 35.4 Å². The van der Waals surface area contributed by atoms with Gasteiger partial charge in [0.2, 0.25) is 5.95 Å². The number of fused-ring (bicyclic) bond motifs is 1. The molecule has 2 aromatic heterocycles. The summed E-state index contributed by atoms with van der Waals surface area (Å²) in [7, 11) is 1.40. The van der Waals surface area contributed by atoms with E-state index < -0.39 is 0 Å². The van der Waals surface area contributed by atoms with Crippen LogP contribution in [0.4, 0.5) is 5.95 Å². The fraction of sp³-hybridized carbons (Fsp3) is 0.409. The van der Waals surface area contributed by atoms with E-state index in [9.17, 15) is 4.79 Å². The topological polar surface area (TPSA) is 69.0 Å². The Labute approximate surface area is 164 Å². The van der Waals surface area contributed by atoms with Crippen LogP contribution in [0.2, 0.25) is 0 Å². The van der Waals surface area contributed by atoms with Crippen molar-refractivity contribution in [3.8, 4) is 0 Å². The monoisotopic (exact) mass is 378 g/mol. The van der Waals surface area contributed by atoms with Crippen molar-refractivity contribution in [1.29, 1.82) is 0 Å². The molecule has 0 bridgehead atoms. The van der Waals surface area contributed by atoms with Crippen LogP contribution < -0.4 is 5.32 Å². The summed E-state index contributed by atoms with van der Waals surface area (Å²) in [5.41, 5.74) is 3.58. The highest BCUT2D eigenvalue weighted by Gasteiger charge is 2.21. The third-order valence-electron chi connectivity index (χ3n) is 5.50. The minimum absolute atomic E-state index is 0.336. The van der Waals surface area contributed by atoms with E-state index in [4.69, 9.17) is 9.72 Å². The molecule has 1 aliphatic carbocycles. The number of pyridine rings is 1. The van der Waals surface area contributed by atoms with Gasteiger partial charge >= 0.3 is 5.97 Å². The quantitative estimate of drug-likeness (QED) is 0.514. The van der Waals surface area contributed by atoms with E-state index in [1.807, 2.05) is 30.3 Å². The molecule has 0 amide bonds. The predicted molar refractivity (Wildman–Crippen MR) is 109 cm³/mol. The molecule has 6 nitrogen and oxygen atoms in total. The van der Waals surface area contributed by atoms with Crippen LogP contribution in [-0.4, -0.2) is 27.6 Å². The summed E-state index contributed by atoms with van der Waals surface area (Å²) >= 11 is 0. The molecule has 1 saturated carbocycles. The molecule has 0 unspecified atom stereocenters. The van der Waals surface area contributed by atoms with Crippen molar-refractivity contribution in [2.45, 2.75) is 51.1 Å². The highest BCUT2D eigenvalue weighted by molar-refractivity contribution is 5.94. The van der Waals surface area contributed by atoms with Crippen LogP contribution in [0.1, 0.15) is 60.5 Å². The second-order valence-corrected chi connectivity index (χ2v) is 7.35. The largest absolute Gasteiger partial charge is 0.465 e. The maximum atomic E-state index is 11.9. The molecular weight excluding hydrogens is 352 g/mol. The number of nitrogens with one attached hydrogen (secondary N) is 1. The Balaban J connectivity index is 1.71. The summed E-state index contributed by atoms with van der Waals surface area (Å²) in [5, 5.41) is 3.51. The Morgan fingerprint density at radius 3 is 2.61 bits per heavy atom. The normalized spacial score (nSPS) is 15.3. The molecule has 1 fully saturated rings. The predicted octanol–water partition coefficient (Wildman–Crippen LogP) is 4.73. The number of hydrogen-bond donors (Lipinski definition) is 1. The van der Waals surface area contributed by atoms with Gasteiger partial charge in [-0.05, 0) is 48.7 Å². The van der Waals surface area contributed by atoms with Gasteiger partial charge in [0.05, 0.1) is 23.7 Å². The summed E-state index contributed by atoms with van der Waals surface area (Å²) in [5.74, 6) is 0.526. The maximum Gasteiger partial charge on any atom is 0.337 e. The molecule has 28 heavy (non-hydrogen) atoms. The fourth-order valence-electron chi connectivity index (χ4n) is 4.04. The third kappa shape index (κ3) is 3.86. The van der Waals surface area contributed by atoms with Crippen molar-refractivity contribution >= 4 is 23.0 Å². The number of aromatic nitrogens is 3. The maximum absolute atomic E-state index is 11.9. The number of imidazole rings is 1. The molecule has 1 aromatic carbocycles. The van der Waals surface area contributed by atoms with E-state index in [0.29, 0.717) is 18.2 Å². The van der Waals surface area contributed by atoms with E-state index in [1.54, 1.807) is 12.4 Å². The van der Waals surface area contributed by atoms with Gasteiger partial charge in [-0.2, -0.15) is 0 Å². The van der Waals surface area contributed by atoms with E-state index in [2.05, 4.69) is 14.9 Å². The Morgan fingerprint density at radius 1 is 1.14 bits per heavy atom. The van der Waals surface area contributed by atoms with Crippen LogP contribution in [0.5, 0.6) is 0 Å². The second kappa shape index (κ2) is 8.42. The molecule has 0 saturated heterocycles. The number of anilines is 1. The smallest absolute Gasteiger partial charge is 0.337 e. The van der Waals surface area contributed by atoms with Crippen LogP contribution in [0.25, 0.3) is 11.0 Å². The van der Waals surface area contributed by atoms with Gasteiger partial charge in [0.1, 0.15) is 0 Å².